The molecule has 1 aromatic heterocycles. The first-order chi connectivity index (χ1) is 7.09. The zero-order chi connectivity index (χ0) is 11.3. The molecule has 0 saturated carbocycles. The minimum absolute atomic E-state index is 0.115. The molecule has 0 aliphatic rings. The molecule has 1 aromatic rings. The fraction of sp³-hybridized carbons (Fsp3) is 0.545. The maximum atomic E-state index is 11.2. The maximum Gasteiger partial charge on any atom is 0.237 e. The Morgan fingerprint density at radius 2 is 2.33 bits per heavy atom. The van der Waals surface area contributed by atoms with E-state index in [1.165, 1.54) is 0 Å². The summed E-state index contributed by atoms with van der Waals surface area (Å²) in [5, 5.41) is 2.35. The van der Waals surface area contributed by atoms with Gasteiger partial charge in [0.25, 0.3) is 0 Å². The molecule has 2 unspecified atom stereocenters. The van der Waals surface area contributed by atoms with Gasteiger partial charge >= 0.3 is 0 Å². The average Bonchev–Trinajstić information content (AvgIpc) is 2.66. The number of amides is 1. The van der Waals surface area contributed by atoms with Crippen LogP contribution in [0.15, 0.2) is 22.8 Å². The Bertz CT molecular complexity index is 296. The summed E-state index contributed by atoms with van der Waals surface area (Å²) in [7, 11) is 0. The molecule has 0 fully saturated rings. The van der Waals surface area contributed by atoms with Crippen LogP contribution in [0.5, 0.6) is 0 Å². The Morgan fingerprint density at radius 3 is 2.87 bits per heavy atom. The summed E-state index contributed by atoms with van der Waals surface area (Å²) >= 11 is 5.64. The lowest BCUT2D eigenvalue weighted by molar-refractivity contribution is -0.121. The lowest BCUT2D eigenvalue weighted by Crippen LogP contribution is -2.37. The smallest absolute Gasteiger partial charge is 0.237 e. The quantitative estimate of drug-likeness (QED) is 0.788. The van der Waals surface area contributed by atoms with E-state index in [0.29, 0.717) is 0 Å². The molecule has 84 valence electrons. The minimum atomic E-state index is -0.476. The normalized spacial score (nSPS) is 14.6. The van der Waals surface area contributed by atoms with E-state index in [9.17, 15) is 4.79 Å². The van der Waals surface area contributed by atoms with Crippen molar-refractivity contribution in [3.05, 3.63) is 24.2 Å². The first-order valence-electron chi connectivity index (χ1n) is 5.06. The predicted octanol–water partition coefficient (Wildman–Crippen LogP) is 2.34. The number of hydrogen-bond donors (Lipinski definition) is 1. The fourth-order valence-electron chi connectivity index (χ4n) is 1.24. The van der Waals surface area contributed by atoms with Crippen molar-refractivity contribution in [2.45, 2.75) is 38.1 Å². The van der Waals surface area contributed by atoms with Gasteiger partial charge in [-0.05, 0) is 32.4 Å². The van der Waals surface area contributed by atoms with Gasteiger partial charge in [-0.15, -0.1) is 11.6 Å². The van der Waals surface area contributed by atoms with Gasteiger partial charge in [0.15, 0.2) is 0 Å². The predicted molar refractivity (Wildman–Crippen MR) is 59.9 cm³/mol. The molecule has 4 heteroatoms. The summed E-state index contributed by atoms with van der Waals surface area (Å²) in [6.45, 7) is 3.62. The van der Waals surface area contributed by atoms with E-state index in [0.717, 1.165) is 18.6 Å². The summed E-state index contributed by atoms with van der Waals surface area (Å²) < 4.78 is 5.20. The molecule has 15 heavy (non-hydrogen) atoms. The van der Waals surface area contributed by atoms with Crippen molar-refractivity contribution in [3.63, 3.8) is 0 Å². The number of alkyl halides is 1. The van der Waals surface area contributed by atoms with Crippen LogP contribution in [0.4, 0.5) is 0 Å². The number of nitrogens with one attached hydrogen (secondary N) is 1. The number of halogens is 1. The van der Waals surface area contributed by atoms with Crippen molar-refractivity contribution in [1.82, 2.24) is 5.32 Å². The molecule has 1 rings (SSSR count). The van der Waals surface area contributed by atoms with Gasteiger partial charge in [0, 0.05) is 12.5 Å². The first kappa shape index (κ1) is 12.1. The third-order valence-corrected chi connectivity index (χ3v) is 2.35. The van der Waals surface area contributed by atoms with Crippen molar-refractivity contribution in [2.75, 3.05) is 0 Å². The van der Waals surface area contributed by atoms with Crippen molar-refractivity contribution in [1.29, 1.82) is 0 Å². The van der Waals surface area contributed by atoms with Crippen molar-refractivity contribution in [3.8, 4) is 0 Å². The summed E-state index contributed by atoms with van der Waals surface area (Å²) in [5.41, 5.74) is 0. The number of furan rings is 1. The Kier molecular flexibility index (Phi) is 4.69. The highest BCUT2D eigenvalue weighted by Gasteiger charge is 2.12. The Balaban J connectivity index is 2.24. The number of rotatable bonds is 5. The van der Waals surface area contributed by atoms with Crippen molar-refractivity contribution < 1.29 is 9.21 Å². The van der Waals surface area contributed by atoms with Crippen molar-refractivity contribution >= 4 is 17.5 Å². The zero-order valence-corrected chi connectivity index (χ0v) is 9.75. The van der Waals surface area contributed by atoms with E-state index in [1.54, 1.807) is 13.2 Å². The van der Waals surface area contributed by atoms with Crippen LogP contribution in [0.2, 0.25) is 0 Å². The monoisotopic (exact) mass is 229 g/mol. The average molecular weight is 230 g/mol. The number of carbonyl (C=O) groups excluding carboxylic acids is 1. The van der Waals surface area contributed by atoms with Crippen LogP contribution in [0.1, 0.15) is 26.0 Å². The molecular weight excluding hydrogens is 214 g/mol. The van der Waals surface area contributed by atoms with Crippen molar-refractivity contribution in [2.24, 2.45) is 0 Å². The maximum absolute atomic E-state index is 11.2. The summed E-state index contributed by atoms with van der Waals surface area (Å²) in [5.74, 6) is 0.818. The summed E-state index contributed by atoms with van der Waals surface area (Å²) in [4.78, 5) is 11.2. The van der Waals surface area contributed by atoms with E-state index >= 15 is 0 Å². The van der Waals surface area contributed by atoms with Crippen LogP contribution >= 0.6 is 11.6 Å². The highest BCUT2D eigenvalue weighted by Crippen LogP contribution is 2.06. The SMILES string of the molecule is CC(CCc1ccco1)NC(=O)C(C)Cl. The van der Waals surface area contributed by atoms with Crippen LogP contribution in [-0.2, 0) is 11.2 Å². The second kappa shape index (κ2) is 5.81. The minimum Gasteiger partial charge on any atom is -0.469 e. The summed E-state index contributed by atoms with van der Waals surface area (Å²) in [6, 6.07) is 3.90. The Morgan fingerprint density at radius 1 is 1.60 bits per heavy atom. The molecule has 1 heterocycles. The standard InChI is InChI=1S/C11H16ClNO2/c1-8(13-11(14)9(2)12)5-6-10-4-3-7-15-10/h3-4,7-9H,5-6H2,1-2H3,(H,13,14). The molecule has 0 spiro atoms. The van der Waals surface area contributed by atoms with Gasteiger partial charge in [0.05, 0.1) is 6.26 Å². The second-order valence-electron chi connectivity index (χ2n) is 3.64. The van der Waals surface area contributed by atoms with Gasteiger partial charge in [-0.25, -0.2) is 0 Å². The molecule has 0 aromatic carbocycles. The van der Waals surface area contributed by atoms with Gasteiger partial charge in [0.2, 0.25) is 5.91 Å². The largest absolute Gasteiger partial charge is 0.469 e. The molecule has 0 saturated heterocycles. The molecule has 1 N–H and O–H groups in total. The van der Waals surface area contributed by atoms with E-state index in [1.807, 2.05) is 19.1 Å². The van der Waals surface area contributed by atoms with Gasteiger partial charge in [0.1, 0.15) is 11.1 Å². The second-order valence-corrected chi connectivity index (χ2v) is 4.30. The van der Waals surface area contributed by atoms with Gasteiger partial charge in [-0.1, -0.05) is 0 Å². The fourth-order valence-corrected chi connectivity index (χ4v) is 1.31. The van der Waals surface area contributed by atoms with Gasteiger partial charge < -0.3 is 9.73 Å². The summed E-state index contributed by atoms with van der Waals surface area (Å²) in [6.07, 6.45) is 3.33. The van der Waals surface area contributed by atoms with Crippen LogP contribution in [0, 0.1) is 0 Å². The Hall–Kier alpha value is -0.960. The molecule has 1 amide bonds. The molecule has 3 nitrogen and oxygen atoms in total. The van der Waals surface area contributed by atoms with Crippen LogP contribution < -0.4 is 5.32 Å². The van der Waals surface area contributed by atoms with Gasteiger partial charge in [-0.2, -0.15) is 0 Å². The van der Waals surface area contributed by atoms with E-state index in [2.05, 4.69) is 5.32 Å². The van der Waals surface area contributed by atoms with Crippen LogP contribution in [-0.4, -0.2) is 17.3 Å². The molecule has 2 atom stereocenters. The van der Waals surface area contributed by atoms with Crippen LogP contribution in [0.3, 0.4) is 0 Å². The van der Waals surface area contributed by atoms with E-state index < -0.39 is 5.38 Å². The number of hydrogen-bond acceptors (Lipinski definition) is 2. The number of aryl methyl sites for hydroxylation is 1. The molecule has 0 aliphatic carbocycles. The van der Waals surface area contributed by atoms with E-state index in [-0.39, 0.29) is 11.9 Å². The molecule has 0 radical (unpaired) electrons. The molecule has 0 aliphatic heterocycles. The lowest BCUT2D eigenvalue weighted by Gasteiger charge is -2.13. The first-order valence-corrected chi connectivity index (χ1v) is 5.50. The highest BCUT2D eigenvalue weighted by atomic mass is 35.5. The third kappa shape index (κ3) is 4.38. The van der Waals surface area contributed by atoms with Crippen LogP contribution in [0.25, 0.3) is 0 Å². The van der Waals surface area contributed by atoms with Gasteiger partial charge in [-0.3, -0.25) is 4.79 Å². The molecular formula is C11H16ClNO2. The highest BCUT2D eigenvalue weighted by molar-refractivity contribution is 6.30. The zero-order valence-electron chi connectivity index (χ0n) is 9.00. The molecule has 0 bridgehead atoms. The third-order valence-electron chi connectivity index (χ3n) is 2.15. The Labute approximate surface area is 94.8 Å². The lowest BCUT2D eigenvalue weighted by atomic mass is 10.1. The topological polar surface area (TPSA) is 42.2 Å². The number of carbonyl (C=O) groups is 1. The van der Waals surface area contributed by atoms with E-state index in [4.69, 9.17) is 16.0 Å².